The molecule has 0 heterocycles. The summed E-state index contributed by atoms with van der Waals surface area (Å²) in [6.45, 7) is 5.90. The second-order valence-electron chi connectivity index (χ2n) is 5.07. The maximum atomic E-state index is 12.5. The largest absolute Gasteiger partial charge is 0.496 e. The van der Waals surface area contributed by atoms with Crippen molar-refractivity contribution in [3.63, 3.8) is 0 Å². The van der Waals surface area contributed by atoms with Crippen LogP contribution in [0.4, 0.5) is 5.69 Å². The van der Waals surface area contributed by atoms with Crippen molar-refractivity contribution >= 4 is 27.5 Å². The Hall–Kier alpha value is -1.81. The molecular formula is C17H18BrNO2. The first-order valence-electron chi connectivity index (χ1n) is 6.65. The third-order valence-corrected chi connectivity index (χ3v) is 3.79. The predicted molar refractivity (Wildman–Crippen MR) is 89.3 cm³/mol. The molecule has 0 unspecified atom stereocenters. The van der Waals surface area contributed by atoms with Crippen LogP contribution >= 0.6 is 15.9 Å². The number of hydrogen-bond acceptors (Lipinski definition) is 2. The number of rotatable bonds is 3. The van der Waals surface area contributed by atoms with Gasteiger partial charge in [0.25, 0.3) is 5.91 Å². The van der Waals surface area contributed by atoms with Crippen LogP contribution in [0.2, 0.25) is 0 Å². The summed E-state index contributed by atoms with van der Waals surface area (Å²) in [7, 11) is 1.57. The summed E-state index contributed by atoms with van der Waals surface area (Å²) in [6.07, 6.45) is 0. The minimum Gasteiger partial charge on any atom is -0.496 e. The van der Waals surface area contributed by atoms with Gasteiger partial charge in [0.15, 0.2) is 0 Å². The first kappa shape index (κ1) is 15.6. The molecule has 1 N–H and O–H groups in total. The van der Waals surface area contributed by atoms with Crippen molar-refractivity contribution in [2.45, 2.75) is 20.8 Å². The third-order valence-electron chi connectivity index (χ3n) is 3.34. The highest BCUT2D eigenvalue weighted by atomic mass is 79.9. The van der Waals surface area contributed by atoms with E-state index in [4.69, 9.17) is 4.74 Å². The average Bonchev–Trinajstić information content (AvgIpc) is 2.42. The number of amides is 1. The molecule has 0 fully saturated rings. The molecule has 0 saturated carbocycles. The zero-order chi connectivity index (χ0) is 15.6. The van der Waals surface area contributed by atoms with E-state index in [1.54, 1.807) is 7.11 Å². The predicted octanol–water partition coefficient (Wildman–Crippen LogP) is 4.64. The number of methoxy groups -OCH3 is 1. The Labute approximate surface area is 133 Å². The summed E-state index contributed by atoms with van der Waals surface area (Å²) < 4.78 is 6.27. The van der Waals surface area contributed by atoms with E-state index in [-0.39, 0.29) is 5.91 Å². The van der Waals surface area contributed by atoms with E-state index in [1.807, 2.05) is 51.1 Å². The van der Waals surface area contributed by atoms with Crippen LogP contribution in [0.5, 0.6) is 5.75 Å². The highest BCUT2D eigenvalue weighted by molar-refractivity contribution is 9.10. The van der Waals surface area contributed by atoms with Crippen molar-refractivity contribution in [1.29, 1.82) is 0 Å². The monoisotopic (exact) mass is 347 g/mol. The van der Waals surface area contributed by atoms with E-state index in [0.717, 1.165) is 26.9 Å². The van der Waals surface area contributed by atoms with Gasteiger partial charge in [-0.2, -0.15) is 0 Å². The SMILES string of the molecule is COc1ccc(C)cc1C(=O)Nc1c(C)cc(Br)cc1C. The fourth-order valence-electron chi connectivity index (χ4n) is 2.29. The van der Waals surface area contributed by atoms with Crippen molar-refractivity contribution in [3.05, 3.63) is 57.1 Å². The van der Waals surface area contributed by atoms with Gasteiger partial charge in [0.1, 0.15) is 5.75 Å². The molecule has 110 valence electrons. The van der Waals surface area contributed by atoms with Crippen LogP contribution in [-0.4, -0.2) is 13.0 Å². The first-order chi connectivity index (χ1) is 9.92. The maximum absolute atomic E-state index is 12.5. The third kappa shape index (κ3) is 3.45. The van der Waals surface area contributed by atoms with Crippen LogP contribution < -0.4 is 10.1 Å². The standard InChI is InChI=1S/C17H18BrNO2/c1-10-5-6-15(21-4)14(7-10)17(20)19-16-11(2)8-13(18)9-12(16)3/h5-9H,1-4H3,(H,19,20). The molecule has 0 aromatic heterocycles. The number of anilines is 1. The first-order valence-corrected chi connectivity index (χ1v) is 7.44. The van der Waals surface area contributed by atoms with Gasteiger partial charge >= 0.3 is 0 Å². The minimum atomic E-state index is -0.163. The summed E-state index contributed by atoms with van der Waals surface area (Å²) in [5.74, 6) is 0.412. The molecule has 0 aliphatic carbocycles. The Balaban J connectivity index is 2.37. The van der Waals surface area contributed by atoms with E-state index in [0.29, 0.717) is 11.3 Å². The summed E-state index contributed by atoms with van der Waals surface area (Å²) >= 11 is 3.46. The van der Waals surface area contributed by atoms with Crippen LogP contribution in [0.25, 0.3) is 0 Å². The minimum absolute atomic E-state index is 0.163. The van der Waals surface area contributed by atoms with Crippen LogP contribution in [0.3, 0.4) is 0 Å². The summed E-state index contributed by atoms with van der Waals surface area (Å²) in [5.41, 5.74) is 4.43. The Morgan fingerprint density at radius 1 is 1.10 bits per heavy atom. The highest BCUT2D eigenvalue weighted by Gasteiger charge is 2.15. The second-order valence-corrected chi connectivity index (χ2v) is 5.99. The molecule has 0 saturated heterocycles. The highest BCUT2D eigenvalue weighted by Crippen LogP contribution is 2.27. The molecule has 1 amide bonds. The van der Waals surface area contributed by atoms with Gasteiger partial charge in [0.2, 0.25) is 0 Å². The number of benzene rings is 2. The van der Waals surface area contributed by atoms with Gasteiger partial charge in [-0.1, -0.05) is 27.6 Å². The Morgan fingerprint density at radius 3 is 2.29 bits per heavy atom. The lowest BCUT2D eigenvalue weighted by Crippen LogP contribution is -2.15. The fourth-order valence-corrected chi connectivity index (χ4v) is 2.97. The number of hydrogen-bond donors (Lipinski definition) is 1. The summed E-state index contributed by atoms with van der Waals surface area (Å²) in [6, 6.07) is 9.53. The number of carbonyl (C=O) groups excluding carboxylic acids is 1. The Morgan fingerprint density at radius 2 is 1.71 bits per heavy atom. The number of carbonyl (C=O) groups is 1. The van der Waals surface area contributed by atoms with Gasteiger partial charge in [-0.25, -0.2) is 0 Å². The number of nitrogens with one attached hydrogen (secondary N) is 1. The Kier molecular flexibility index (Phi) is 4.68. The van der Waals surface area contributed by atoms with Crippen LogP contribution in [0, 0.1) is 20.8 Å². The van der Waals surface area contributed by atoms with E-state index >= 15 is 0 Å². The van der Waals surface area contributed by atoms with Crippen molar-refractivity contribution in [3.8, 4) is 5.75 Å². The van der Waals surface area contributed by atoms with E-state index in [9.17, 15) is 4.79 Å². The van der Waals surface area contributed by atoms with E-state index in [1.165, 1.54) is 0 Å². The lowest BCUT2D eigenvalue weighted by atomic mass is 10.1. The van der Waals surface area contributed by atoms with Crippen LogP contribution in [0.1, 0.15) is 27.0 Å². The number of halogens is 1. The molecule has 4 heteroatoms. The van der Waals surface area contributed by atoms with E-state index in [2.05, 4.69) is 21.2 Å². The van der Waals surface area contributed by atoms with Gasteiger partial charge in [0, 0.05) is 10.2 Å². The van der Waals surface area contributed by atoms with Gasteiger partial charge in [0.05, 0.1) is 12.7 Å². The molecule has 0 aliphatic rings. The summed E-state index contributed by atoms with van der Waals surface area (Å²) in [4.78, 5) is 12.5. The number of aryl methyl sites for hydroxylation is 3. The molecule has 21 heavy (non-hydrogen) atoms. The summed E-state index contributed by atoms with van der Waals surface area (Å²) in [5, 5.41) is 2.98. The molecule has 0 aliphatic heterocycles. The topological polar surface area (TPSA) is 38.3 Å². The maximum Gasteiger partial charge on any atom is 0.259 e. The van der Waals surface area contributed by atoms with Crippen molar-refractivity contribution in [1.82, 2.24) is 0 Å². The van der Waals surface area contributed by atoms with Gasteiger partial charge in [-0.05, 0) is 56.2 Å². The molecule has 3 nitrogen and oxygen atoms in total. The van der Waals surface area contributed by atoms with Crippen molar-refractivity contribution in [2.75, 3.05) is 12.4 Å². The Bertz CT molecular complexity index is 672. The molecule has 0 atom stereocenters. The lowest BCUT2D eigenvalue weighted by Gasteiger charge is -2.14. The van der Waals surface area contributed by atoms with Crippen LogP contribution in [-0.2, 0) is 0 Å². The van der Waals surface area contributed by atoms with Gasteiger partial charge < -0.3 is 10.1 Å². The molecule has 0 bridgehead atoms. The zero-order valence-electron chi connectivity index (χ0n) is 12.6. The van der Waals surface area contributed by atoms with Gasteiger partial charge in [-0.15, -0.1) is 0 Å². The smallest absolute Gasteiger partial charge is 0.259 e. The van der Waals surface area contributed by atoms with Crippen molar-refractivity contribution in [2.24, 2.45) is 0 Å². The van der Waals surface area contributed by atoms with Gasteiger partial charge in [-0.3, -0.25) is 4.79 Å². The van der Waals surface area contributed by atoms with Crippen molar-refractivity contribution < 1.29 is 9.53 Å². The zero-order valence-corrected chi connectivity index (χ0v) is 14.2. The molecule has 2 aromatic rings. The quantitative estimate of drug-likeness (QED) is 0.878. The molecular weight excluding hydrogens is 330 g/mol. The normalized spacial score (nSPS) is 10.3. The molecule has 0 spiro atoms. The lowest BCUT2D eigenvalue weighted by molar-refractivity contribution is 0.102. The van der Waals surface area contributed by atoms with Crippen LogP contribution in [0.15, 0.2) is 34.8 Å². The second kappa shape index (κ2) is 6.31. The van der Waals surface area contributed by atoms with E-state index < -0.39 is 0 Å². The molecule has 2 rings (SSSR count). The molecule has 0 radical (unpaired) electrons. The average molecular weight is 348 g/mol. The fraction of sp³-hybridized carbons (Fsp3) is 0.235. The number of ether oxygens (including phenoxy) is 1. The molecule has 2 aromatic carbocycles.